The Labute approximate surface area is 97.9 Å². The molecule has 0 spiro atoms. The van der Waals surface area contributed by atoms with Gasteiger partial charge in [0.25, 0.3) is 0 Å². The molecule has 1 amide bonds. The summed E-state index contributed by atoms with van der Waals surface area (Å²) >= 11 is 0. The van der Waals surface area contributed by atoms with Crippen LogP contribution in [0, 0.1) is 11.8 Å². The van der Waals surface area contributed by atoms with Gasteiger partial charge < -0.3 is 15.8 Å². The molecule has 3 N–H and O–H groups in total. The van der Waals surface area contributed by atoms with E-state index >= 15 is 0 Å². The average Bonchev–Trinajstić information content (AvgIpc) is 2.30. The Bertz CT molecular complexity index is 209. The summed E-state index contributed by atoms with van der Waals surface area (Å²) in [5, 5.41) is 2.93. The third-order valence-corrected chi connectivity index (χ3v) is 3.49. The number of nitrogens with two attached hydrogens (primary N) is 1. The van der Waals surface area contributed by atoms with Gasteiger partial charge in [-0.2, -0.15) is 0 Å². The molecular formula is C12H24N2O2. The second-order valence-corrected chi connectivity index (χ2v) is 4.83. The smallest absolute Gasteiger partial charge is 0.250 e. The van der Waals surface area contributed by atoms with Crippen molar-refractivity contribution in [3.05, 3.63) is 0 Å². The first-order valence-corrected chi connectivity index (χ1v) is 6.18. The van der Waals surface area contributed by atoms with E-state index in [9.17, 15) is 4.79 Å². The number of amides is 1. The van der Waals surface area contributed by atoms with Crippen molar-refractivity contribution in [2.45, 2.75) is 38.7 Å². The van der Waals surface area contributed by atoms with E-state index in [0.29, 0.717) is 5.92 Å². The van der Waals surface area contributed by atoms with Gasteiger partial charge >= 0.3 is 0 Å². The fourth-order valence-corrected chi connectivity index (χ4v) is 2.20. The topological polar surface area (TPSA) is 64.3 Å². The van der Waals surface area contributed by atoms with Gasteiger partial charge in [0.2, 0.25) is 5.91 Å². The highest BCUT2D eigenvalue weighted by molar-refractivity contribution is 5.80. The maximum atomic E-state index is 11.6. The first-order valence-electron chi connectivity index (χ1n) is 6.18. The van der Waals surface area contributed by atoms with E-state index < -0.39 is 6.10 Å². The predicted octanol–water partition coefficient (Wildman–Crippen LogP) is 0.903. The van der Waals surface area contributed by atoms with E-state index in [4.69, 9.17) is 10.5 Å². The molecule has 16 heavy (non-hydrogen) atoms. The summed E-state index contributed by atoms with van der Waals surface area (Å²) in [5.74, 6) is 1.40. The molecule has 4 nitrogen and oxygen atoms in total. The Morgan fingerprint density at radius 3 is 2.56 bits per heavy atom. The molecule has 0 radical (unpaired) electrons. The predicted molar refractivity (Wildman–Crippen MR) is 64.0 cm³/mol. The standard InChI is InChI=1S/C12H24N2O2/c1-9-3-5-10(6-4-9)8-14-12(15)11(7-13)16-2/h9-11H,3-8,13H2,1-2H3,(H,14,15). The lowest BCUT2D eigenvalue weighted by atomic mass is 9.83. The van der Waals surface area contributed by atoms with Crippen molar-refractivity contribution in [2.75, 3.05) is 20.2 Å². The molecule has 0 aliphatic heterocycles. The lowest BCUT2D eigenvalue weighted by molar-refractivity contribution is -0.130. The van der Waals surface area contributed by atoms with Crippen LogP contribution >= 0.6 is 0 Å². The Hall–Kier alpha value is -0.610. The Kier molecular flexibility index (Phi) is 5.77. The van der Waals surface area contributed by atoms with Crippen LogP contribution in [0.1, 0.15) is 32.6 Å². The minimum atomic E-state index is -0.498. The Morgan fingerprint density at radius 2 is 2.06 bits per heavy atom. The van der Waals surface area contributed by atoms with E-state index in [1.54, 1.807) is 0 Å². The van der Waals surface area contributed by atoms with Crippen molar-refractivity contribution < 1.29 is 9.53 Å². The number of carbonyl (C=O) groups is 1. The number of rotatable bonds is 5. The fraction of sp³-hybridized carbons (Fsp3) is 0.917. The van der Waals surface area contributed by atoms with E-state index in [1.807, 2.05) is 0 Å². The van der Waals surface area contributed by atoms with Crippen LogP contribution in [0.15, 0.2) is 0 Å². The van der Waals surface area contributed by atoms with Crippen LogP contribution in [0.3, 0.4) is 0 Å². The highest BCUT2D eigenvalue weighted by atomic mass is 16.5. The van der Waals surface area contributed by atoms with Crippen molar-refractivity contribution in [3.8, 4) is 0 Å². The lowest BCUT2D eigenvalue weighted by Crippen LogP contribution is -2.42. The fourth-order valence-electron chi connectivity index (χ4n) is 2.20. The van der Waals surface area contributed by atoms with Crippen LogP contribution in [0.2, 0.25) is 0 Å². The van der Waals surface area contributed by atoms with Crippen LogP contribution in [0.25, 0.3) is 0 Å². The van der Waals surface area contributed by atoms with E-state index in [0.717, 1.165) is 12.5 Å². The van der Waals surface area contributed by atoms with Crippen LogP contribution in [-0.4, -0.2) is 32.2 Å². The lowest BCUT2D eigenvalue weighted by Gasteiger charge is -2.26. The average molecular weight is 228 g/mol. The van der Waals surface area contributed by atoms with Crippen molar-refractivity contribution in [1.29, 1.82) is 0 Å². The molecule has 1 aliphatic rings. The summed E-state index contributed by atoms with van der Waals surface area (Å²) in [5.41, 5.74) is 5.43. The SMILES string of the molecule is COC(CN)C(=O)NCC1CCC(C)CC1. The maximum absolute atomic E-state index is 11.6. The first kappa shape index (κ1) is 13.5. The summed E-state index contributed by atoms with van der Waals surface area (Å²) in [7, 11) is 1.51. The highest BCUT2D eigenvalue weighted by Gasteiger charge is 2.20. The minimum absolute atomic E-state index is 0.0800. The van der Waals surface area contributed by atoms with Crippen LogP contribution < -0.4 is 11.1 Å². The zero-order chi connectivity index (χ0) is 12.0. The zero-order valence-electron chi connectivity index (χ0n) is 10.4. The number of ether oxygens (including phenoxy) is 1. The van der Waals surface area contributed by atoms with Crippen LogP contribution in [-0.2, 0) is 9.53 Å². The summed E-state index contributed by atoms with van der Waals surface area (Å²) in [4.78, 5) is 11.6. The number of nitrogens with one attached hydrogen (secondary N) is 1. The van der Waals surface area contributed by atoms with Crippen LogP contribution in [0.5, 0.6) is 0 Å². The number of carbonyl (C=O) groups excluding carboxylic acids is 1. The van der Waals surface area contributed by atoms with E-state index in [1.165, 1.54) is 32.8 Å². The summed E-state index contributed by atoms with van der Waals surface area (Å²) in [6, 6.07) is 0. The largest absolute Gasteiger partial charge is 0.370 e. The monoisotopic (exact) mass is 228 g/mol. The summed E-state index contributed by atoms with van der Waals surface area (Å²) in [6.45, 7) is 3.31. The quantitative estimate of drug-likeness (QED) is 0.735. The van der Waals surface area contributed by atoms with Gasteiger partial charge in [-0.3, -0.25) is 4.79 Å². The van der Waals surface area contributed by atoms with Crippen LogP contribution in [0.4, 0.5) is 0 Å². The van der Waals surface area contributed by atoms with Crippen molar-refractivity contribution >= 4 is 5.91 Å². The molecule has 0 aromatic heterocycles. The molecule has 0 aromatic rings. The Morgan fingerprint density at radius 1 is 1.44 bits per heavy atom. The summed E-state index contributed by atoms with van der Waals surface area (Å²) < 4.78 is 4.98. The third-order valence-electron chi connectivity index (χ3n) is 3.49. The van der Waals surface area contributed by atoms with Crippen molar-refractivity contribution in [2.24, 2.45) is 17.6 Å². The van der Waals surface area contributed by atoms with E-state index in [2.05, 4.69) is 12.2 Å². The van der Waals surface area contributed by atoms with Gasteiger partial charge in [0.1, 0.15) is 6.10 Å². The molecule has 1 fully saturated rings. The molecule has 1 unspecified atom stereocenters. The van der Waals surface area contributed by atoms with Gasteiger partial charge in [-0.15, -0.1) is 0 Å². The molecule has 1 saturated carbocycles. The molecule has 0 bridgehead atoms. The molecule has 0 saturated heterocycles. The molecule has 94 valence electrons. The molecule has 1 atom stereocenters. The minimum Gasteiger partial charge on any atom is -0.370 e. The second-order valence-electron chi connectivity index (χ2n) is 4.83. The van der Waals surface area contributed by atoms with Crippen molar-refractivity contribution in [3.63, 3.8) is 0 Å². The van der Waals surface area contributed by atoms with E-state index in [-0.39, 0.29) is 12.5 Å². The van der Waals surface area contributed by atoms with Gasteiger partial charge in [-0.25, -0.2) is 0 Å². The molecule has 1 aliphatic carbocycles. The normalized spacial score (nSPS) is 27.4. The molecule has 4 heteroatoms. The highest BCUT2D eigenvalue weighted by Crippen LogP contribution is 2.27. The third kappa shape index (κ3) is 4.10. The van der Waals surface area contributed by atoms with Gasteiger partial charge in [0.15, 0.2) is 0 Å². The molecule has 1 rings (SSSR count). The van der Waals surface area contributed by atoms with Gasteiger partial charge in [-0.05, 0) is 24.7 Å². The molecule has 0 aromatic carbocycles. The summed E-state index contributed by atoms with van der Waals surface area (Å²) in [6.07, 6.45) is 4.52. The van der Waals surface area contributed by atoms with Crippen molar-refractivity contribution in [1.82, 2.24) is 5.32 Å². The van der Waals surface area contributed by atoms with Gasteiger partial charge in [-0.1, -0.05) is 19.8 Å². The molecule has 0 heterocycles. The molecular weight excluding hydrogens is 204 g/mol. The number of hydrogen-bond acceptors (Lipinski definition) is 3. The first-order chi connectivity index (χ1) is 7.67. The second kappa shape index (κ2) is 6.86. The van der Waals surface area contributed by atoms with Gasteiger partial charge in [0, 0.05) is 20.2 Å². The number of hydrogen-bond donors (Lipinski definition) is 2. The zero-order valence-corrected chi connectivity index (χ0v) is 10.4. The van der Waals surface area contributed by atoms with Gasteiger partial charge in [0.05, 0.1) is 0 Å². The number of methoxy groups -OCH3 is 1. The Balaban J connectivity index is 2.21. The maximum Gasteiger partial charge on any atom is 0.250 e.